The first kappa shape index (κ1) is 53.0. The fraction of sp³-hybridized carbons (Fsp3) is 0.955. The van der Waals surface area contributed by atoms with Gasteiger partial charge in [-0.15, -0.1) is 0 Å². The quantitative estimate of drug-likeness (QED) is 0.0351. The van der Waals surface area contributed by atoms with E-state index in [4.69, 9.17) is 24.3 Å². The van der Waals surface area contributed by atoms with Crippen LogP contribution in [0.2, 0.25) is 0 Å². The molecule has 0 aliphatic carbocycles. The Morgan fingerprint density at radius 3 is 1.13 bits per heavy atom. The maximum Gasteiger partial charge on any atom is 0.472 e. The third-order valence-corrected chi connectivity index (χ3v) is 11.2. The predicted octanol–water partition coefficient (Wildman–Crippen LogP) is 13.2. The molecule has 0 aromatic carbocycles. The zero-order valence-corrected chi connectivity index (χ0v) is 36.4. The zero-order chi connectivity index (χ0) is 39.6. The summed E-state index contributed by atoms with van der Waals surface area (Å²) in [7, 11) is -4.37. The van der Waals surface area contributed by atoms with Gasteiger partial charge in [-0.1, -0.05) is 213 Å². The Balaban J connectivity index is 4.06. The van der Waals surface area contributed by atoms with Crippen molar-refractivity contribution in [3.63, 3.8) is 0 Å². The van der Waals surface area contributed by atoms with Crippen molar-refractivity contribution >= 4 is 19.8 Å². The van der Waals surface area contributed by atoms with E-state index in [-0.39, 0.29) is 38.6 Å². The van der Waals surface area contributed by atoms with Crippen LogP contribution in [0.15, 0.2) is 0 Å². The molecule has 9 nitrogen and oxygen atoms in total. The molecular formula is C44H88NO8P. The highest BCUT2D eigenvalue weighted by Crippen LogP contribution is 2.43. The Kier molecular flexibility index (Phi) is 40.9. The standard InChI is InChI=1S/C44H88NO8P/c1-3-5-7-9-11-13-15-17-19-21-23-25-27-29-31-33-35-37-44(47)53-42(41-52-54(48,49)51-39-38-45)40-50-43(46)36-34-32-30-28-26-24-22-20-18-16-14-12-10-8-6-4-2/h42H,3-41,45H2,1-2H3,(H,48,49)/t42-/m1/s1. The number of unbranched alkanes of at least 4 members (excludes halogenated alkanes) is 31. The first-order chi connectivity index (χ1) is 26.3. The molecule has 10 heteroatoms. The molecule has 1 unspecified atom stereocenters. The van der Waals surface area contributed by atoms with Crippen molar-refractivity contribution in [1.82, 2.24) is 0 Å². The maximum absolute atomic E-state index is 12.6. The molecule has 3 N–H and O–H groups in total. The molecular weight excluding hydrogens is 701 g/mol. The van der Waals surface area contributed by atoms with Crippen molar-refractivity contribution in [1.29, 1.82) is 0 Å². The third-order valence-electron chi connectivity index (χ3n) is 10.2. The Labute approximate surface area is 333 Å². The summed E-state index contributed by atoms with van der Waals surface area (Å²) in [6, 6.07) is 0. The number of hydrogen-bond acceptors (Lipinski definition) is 8. The van der Waals surface area contributed by atoms with Gasteiger partial charge in [-0.25, -0.2) is 4.57 Å². The molecule has 0 saturated heterocycles. The SMILES string of the molecule is CCCCCCCCCCCCCCCCCCCC(=O)O[C@H](COC(=O)CCCCCCCCCCCCCCCCCC)COP(=O)(O)OCCN. The highest BCUT2D eigenvalue weighted by Gasteiger charge is 2.26. The van der Waals surface area contributed by atoms with E-state index in [0.29, 0.717) is 6.42 Å². The molecule has 0 aliphatic rings. The molecule has 0 rings (SSSR count). The summed E-state index contributed by atoms with van der Waals surface area (Å²) in [6.45, 7) is 3.79. The van der Waals surface area contributed by atoms with Gasteiger partial charge in [0.15, 0.2) is 6.10 Å². The van der Waals surface area contributed by atoms with Crippen LogP contribution in [-0.2, 0) is 32.7 Å². The highest BCUT2D eigenvalue weighted by atomic mass is 31.2. The summed E-state index contributed by atoms with van der Waals surface area (Å²) in [5.74, 6) is -0.810. The van der Waals surface area contributed by atoms with Gasteiger partial charge in [0.05, 0.1) is 13.2 Å². The van der Waals surface area contributed by atoms with Crippen LogP contribution < -0.4 is 5.73 Å². The summed E-state index contributed by atoms with van der Waals surface area (Å²) < 4.78 is 32.8. The largest absolute Gasteiger partial charge is 0.472 e. The molecule has 54 heavy (non-hydrogen) atoms. The lowest BCUT2D eigenvalue weighted by atomic mass is 10.0. The van der Waals surface area contributed by atoms with Crippen LogP contribution in [0.1, 0.15) is 239 Å². The Morgan fingerprint density at radius 1 is 0.481 bits per heavy atom. The van der Waals surface area contributed by atoms with Crippen LogP contribution in [0.4, 0.5) is 0 Å². The van der Waals surface area contributed by atoms with E-state index in [1.165, 1.54) is 173 Å². The van der Waals surface area contributed by atoms with Crippen molar-refractivity contribution in [2.24, 2.45) is 5.73 Å². The van der Waals surface area contributed by atoms with Crippen LogP contribution >= 0.6 is 7.82 Å². The lowest BCUT2D eigenvalue weighted by Crippen LogP contribution is -2.29. The maximum atomic E-state index is 12.6. The van der Waals surface area contributed by atoms with Gasteiger partial charge in [0, 0.05) is 19.4 Å². The average molecular weight is 790 g/mol. The topological polar surface area (TPSA) is 134 Å². The monoisotopic (exact) mass is 790 g/mol. The number of carbonyl (C=O) groups excluding carboxylic acids is 2. The van der Waals surface area contributed by atoms with Gasteiger partial charge in [-0.3, -0.25) is 18.6 Å². The summed E-state index contributed by atoms with van der Waals surface area (Å²) in [5.41, 5.74) is 5.35. The number of hydrogen-bond donors (Lipinski definition) is 2. The first-order valence-electron chi connectivity index (χ1n) is 23.0. The normalized spacial score (nSPS) is 13.2. The second-order valence-corrected chi connectivity index (χ2v) is 17.1. The minimum Gasteiger partial charge on any atom is -0.462 e. The zero-order valence-electron chi connectivity index (χ0n) is 35.5. The number of phosphoric acid groups is 1. The van der Waals surface area contributed by atoms with Crippen molar-refractivity contribution in [3.05, 3.63) is 0 Å². The van der Waals surface area contributed by atoms with E-state index in [1.54, 1.807) is 0 Å². The summed E-state index contributed by atoms with van der Waals surface area (Å²) in [5, 5.41) is 0. The second-order valence-electron chi connectivity index (χ2n) is 15.6. The molecule has 0 amide bonds. The van der Waals surface area contributed by atoms with E-state index in [2.05, 4.69) is 13.8 Å². The first-order valence-corrected chi connectivity index (χ1v) is 24.5. The molecule has 0 saturated carbocycles. The Bertz CT molecular complexity index is 860. The van der Waals surface area contributed by atoms with E-state index in [1.807, 2.05) is 0 Å². The number of rotatable bonds is 44. The Hall–Kier alpha value is -0.990. The van der Waals surface area contributed by atoms with Gasteiger partial charge in [-0.2, -0.15) is 0 Å². The fourth-order valence-corrected chi connectivity index (χ4v) is 7.58. The van der Waals surface area contributed by atoms with Gasteiger partial charge < -0.3 is 20.1 Å². The lowest BCUT2D eigenvalue weighted by Gasteiger charge is -2.19. The summed E-state index contributed by atoms with van der Waals surface area (Å²) in [6.07, 6.45) is 41.3. The van der Waals surface area contributed by atoms with Gasteiger partial charge in [-0.05, 0) is 12.8 Å². The molecule has 0 aromatic rings. The van der Waals surface area contributed by atoms with E-state index < -0.39 is 26.5 Å². The molecule has 0 radical (unpaired) electrons. The van der Waals surface area contributed by atoms with Crippen molar-refractivity contribution in [3.8, 4) is 0 Å². The van der Waals surface area contributed by atoms with Gasteiger partial charge in [0.2, 0.25) is 0 Å². The van der Waals surface area contributed by atoms with Crippen molar-refractivity contribution < 1.29 is 37.6 Å². The molecule has 0 heterocycles. The van der Waals surface area contributed by atoms with Crippen molar-refractivity contribution in [2.45, 2.75) is 245 Å². The van der Waals surface area contributed by atoms with E-state index in [0.717, 1.165) is 32.1 Å². The molecule has 0 spiro atoms. The number of nitrogens with two attached hydrogens (primary N) is 1. The average Bonchev–Trinajstić information content (AvgIpc) is 3.16. The van der Waals surface area contributed by atoms with Crippen LogP contribution in [0.3, 0.4) is 0 Å². The molecule has 0 bridgehead atoms. The van der Waals surface area contributed by atoms with E-state index >= 15 is 0 Å². The van der Waals surface area contributed by atoms with Crippen LogP contribution in [0.25, 0.3) is 0 Å². The fourth-order valence-electron chi connectivity index (χ4n) is 6.81. The number of carbonyl (C=O) groups is 2. The van der Waals surface area contributed by atoms with Gasteiger partial charge in [0.25, 0.3) is 0 Å². The molecule has 0 fully saturated rings. The Morgan fingerprint density at radius 2 is 0.796 bits per heavy atom. The number of phosphoric ester groups is 1. The predicted molar refractivity (Wildman–Crippen MR) is 225 cm³/mol. The van der Waals surface area contributed by atoms with Crippen LogP contribution in [-0.4, -0.2) is 49.3 Å². The second kappa shape index (κ2) is 41.6. The van der Waals surface area contributed by atoms with E-state index in [9.17, 15) is 19.0 Å². The highest BCUT2D eigenvalue weighted by molar-refractivity contribution is 7.47. The molecule has 0 aromatic heterocycles. The summed E-state index contributed by atoms with van der Waals surface area (Å²) in [4.78, 5) is 34.9. The molecule has 0 aliphatic heterocycles. The lowest BCUT2D eigenvalue weighted by molar-refractivity contribution is -0.161. The number of ether oxygens (including phenoxy) is 2. The van der Waals surface area contributed by atoms with Gasteiger partial charge in [0.1, 0.15) is 6.61 Å². The van der Waals surface area contributed by atoms with Crippen LogP contribution in [0.5, 0.6) is 0 Å². The summed E-state index contributed by atoms with van der Waals surface area (Å²) >= 11 is 0. The van der Waals surface area contributed by atoms with Crippen molar-refractivity contribution in [2.75, 3.05) is 26.4 Å². The number of esters is 2. The smallest absolute Gasteiger partial charge is 0.462 e. The van der Waals surface area contributed by atoms with Crippen LogP contribution in [0, 0.1) is 0 Å². The third kappa shape index (κ3) is 40.7. The minimum atomic E-state index is -4.37. The molecule has 322 valence electrons. The van der Waals surface area contributed by atoms with Gasteiger partial charge >= 0.3 is 19.8 Å². The molecule has 2 atom stereocenters. The minimum absolute atomic E-state index is 0.0582.